The molecule has 1 aliphatic rings. The monoisotopic (exact) mass is 477 g/mol. The topological polar surface area (TPSA) is 56.7 Å². The molecule has 0 unspecified atom stereocenters. The van der Waals surface area contributed by atoms with E-state index in [1.54, 1.807) is 42.1 Å². The Bertz CT molecular complexity index is 1440. The van der Waals surface area contributed by atoms with Gasteiger partial charge in [0.15, 0.2) is 0 Å². The molecule has 0 saturated heterocycles. The van der Waals surface area contributed by atoms with Gasteiger partial charge in [-0.25, -0.2) is 18.0 Å². The molecule has 0 spiro atoms. The van der Waals surface area contributed by atoms with Gasteiger partial charge in [0.05, 0.1) is 22.6 Å². The Kier molecular flexibility index (Phi) is 5.59. The van der Waals surface area contributed by atoms with Gasteiger partial charge in [0.25, 0.3) is 0 Å². The molecule has 1 aliphatic carbocycles. The first kappa shape index (κ1) is 22.7. The number of pyridine rings is 1. The molecule has 1 fully saturated rings. The maximum Gasteiger partial charge on any atom is 0.339 e. The van der Waals surface area contributed by atoms with Gasteiger partial charge >= 0.3 is 5.97 Å². The van der Waals surface area contributed by atoms with Gasteiger partial charge in [-0.1, -0.05) is 0 Å². The Labute approximate surface area is 200 Å². The minimum Gasteiger partial charge on any atom is -0.478 e. The second kappa shape index (κ2) is 8.61. The molecule has 5 nitrogen and oxygen atoms in total. The second-order valence-corrected chi connectivity index (χ2v) is 8.69. The number of hydrogen-bond donors (Lipinski definition) is 1. The van der Waals surface area contributed by atoms with Crippen molar-refractivity contribution in [1.82, 2.24) is 4.98 Å². The molecule has 3 aromatic carbocycles. The van der Waals surface area contributed by atoms with E-state index in [1.165, 1.54) is 42.5 Å². The van der Waals surface area contributed by atoms with Gasteiger partial charge in [-0.2, -0.15) is 0 Å². The largest absolute Gasteiger partial charge is 0.478 e. The number of halogens is 3. The Hall–Kier alpha value is -4.07. The average Bonchev–Trinajstić information content (AvgIpc) is 3.68. The lowest BCUT2D eigenvalue weighted by molar-refractivity contribution is 0.0696. The lowest BCUT2D eigenvalue weighted by atomic mass is 10.0. The average molecular weight is 477 g/mol. The van der Waals surface area contributed by atoms with Crippen LogP contribution in [0.2, 0.25) is 0 Å². The molecular weight excluding hydrogens is 455 g/mol. The number of nitrogens with zero attached hydrogens (tertiary/aromatic N) is 3. The fourth-order valence-corrected chi connectivity index (χ4v) is 4.34. The number of carboxylic acids is 1. The van der Waals surface area contributed by atoms with Crippen LogP contribution in [0.3, 0.4) is 0 Å². The van der Waals surface area contributed by atoms with Crippen LogP contribution in [0.5, 0.6) is 0 Å². The Morgan fingerprint density at radius 2 is 1.43 bits per heavy atom. The van der Waals surface area contributed by atoms with E-state index in [1.807, 2.05) is 0 Å². The van der Waals surface area contributed by atoms with E-state index < -0.39 is 23.4 Å². The summed E-state index contributed by atoms with van der Waals surface area (Å²) in [5.41, 5.74) is 2.56. The van der Waals surface area contributed by atoms with Gasteiger partial charge < -0.3 is 14.9 Å². The predicted octanol–water partition coefficient (Wildman–Crippen LogP) is 6.76. The van der Waals surface area contributed by atoms with Crippen molar-refractivity contribution in [3.8, 4) is 0 Å². The summed E-state index contributed by atoms with van der Waals surface area (Å²) in [4.78, 5) is 20.3. The van der Waals surface area contributed by atoms with Crippen molar-refractivity contribution >= 4 is 39.6 Å². The lowest BCUT2D eigenvalue weighted by Crippen LogP contribution is -2.18. The zero-order valence-corrected chi connectivity index (χ0v) is 19.1. The zero-order chi connectivity index (χ0) is 24.9. The standard InChI is InChI=1S/C27H22F3N3O2/c1-32(18-9-5-16(28)6-10-18)23-14-22-20(13-21(23)30)26(33(2)19-11-7-17(29)8-12-19)24(27(34)35)25(31-22)15-3-4-15/h5-15H,3-4H2,1-2H3,(H,34,35). The summed E-state index contributed by atoms with van der Waals surface area (Å²) < 4.78 is 42.4. The molecule has 35 heavy (non-hydrogen) atoms. The van der Waals surface area contributed by atoms with Gasteiger partial charge in [-0.15, -0.1) is 0 Å². The van der Waals surface area contributed by atoms with E-state index in [4.69, 9.17) is 0 Å². The molecule has 0 atom stereocenters. The summed E-state index contributed by atoms with van der Waals surface area (Å²) in [5, 5.41) is 10.5. The van der Waals surface area contributed by atoms with E-state index in [0.29, 0.717) is 33.7 Å². The summed E-state index contributed by atoms with van der Waals surface area (Å²) in [6.45, 7) is 0. The first-order valence-electron chi connectivity index (χ1n) is 11.1. The maximum atomic E-state index is 15.5. The van der Waals surface area contributed by atoms with E-state index in [0.717, 1.165) is 12.8 Å². The number of benzene rings is 3. The van der Waals surface area contributed by atoms with Gasteiger partial charge in [0.2, 0.25) is 0 Å². The van der Waals surface area contributed by atoms with Gasteiger partial charge in [0.1, 0.15) is 23.0 Å². The molecule has 8 heteroatoms. The second-order valence-electron chi connectivity index (χ2n) is 8.69. The maximum absolute atomic E-state index is 15.5. The molecule has 0 bridgehead atoms. The Morgan fingerprint density at radius 3 is 1.94 bits per heavy atom. The van der Waals surface area contributed by atoms with Crippen molar-refractivity contribution in [2.45, 2.75) is 18.8 Å². The molecule has 1 heterocycles. The van der Waals surface area contributed by atoms with Crippen LogP contribution in [0, 0.1) is 17.5 Å². The van der Waals surface area contributed by atoms with Crippen LogP contribution in [0.25, 0.3) is 10.9 Å². The zero-order valence-electron chi connectivity index (χ0n) is 19.1. The molecule has 1 saturated carbocycles. The number of carboxylic acid groups (broad SMARTS) is 1. The number of aromatic nitrogens is 1. The van der Waals surface area contributed by atoms with Crippen molar-refractivity contribution in [2.24, 2.45) is 0 Å². The molecule has 178 valence electrons. The quantitative estimate of drug-likeness (QED) is 0.332. The first-order valence-corrected chi connectivity index (χ1v) is 11.1. The van der Waals surface area contributed by atoms with Crippen LogP contribution in [0.1, 0.15) is 34.8 Å². The van der Waals surface area contributed by atoms with Gasteiger partial charge in [-0.05, 0) is 73.5 Å². The van der Waals surface area contributed by atoms with E-state index in [9.17, 15) is 18.7 Å². The molecule has 1 aromatic heterocycles. The van der Waals surface area contributed by atoms with Crippen LogP contribution >= 0.6 is 0 Å². The highest BCUT2D eigenvalue weighted by Crippen LogP contribution is 2.46. The van der Waals surface area contributed by atoms with Crippen LogP contribution in [0.15, 0.2) is 60.7 Å². The van der Waals surface area contributed by atoms with Crippen LogP contribution in [-0.2, 0) is 0 Å². The summed E-state index contributed by atoms with van der Waals surface area (Å²) in [5.74, 6) is -2.55. The normalized spacial score (nSPS) is 13.2. The Morgan fingerprint density at radius 1 is 0.886 bits per heavy atom. The summed E-state index contributed by atoms with van der Waals surface area (Å²) in [6.07, 6.45) is 1.64. The minimum absolute atomic E-state index is 0.00852. The van der Waals surface area contributed by atoms with Gasteiger partial charge in [-0.3, -0.25) is 4.98 Å². The number of anilines is 4. The van der Waals surface area contributed by atoms with Crippen molar-refractivity contribution in [2.75, 3.05) is 23.9 Å². The third kappa shape index (κ3) is 4.16. The molecule has 0 amide bonds. The van der Waals surface area contributed by atoms with Crippen LogP contribution in [0.4, 0.5) is 35.9 Å². The summed E-state index contributed by atoms with van der Waals surface area (Å²) in [7, 11) is 3.33. The number of aromatic carboxylic acids is 1. The lowest BCUT2D eigenvalue weighted by Gasteiger charge is -2.26. The van der Waals surface area contributed by atoms with Crippen molar-refractivity contribution in [1.29, 1.82) is 0 Å². The third-order valence-corrected chi connectivity index (χ3v) is 6.36. The SMILES string of the molecule is CN(c1ccc(F)cc1)c1cc2nc(C3CC3)c(C(=O)O)c(N(C)c3ccc(F)cc3)c2cc1F. The minimum atomic E-state index is -1.15. The van der Waals surface area contributed by atoms with E-state index >= 15 is 4.39 Å². The van der Waals surface area contributed by atoms with E-state index in [-0.39, 0.29) is 17.2 Å². The van der Waals surface area contributed by atoms with Crippen LogP contribution < -0.4 is 9.80 Å². The Balaban J connectivity index is 1.74. The summed E-state index contributed by atoms with van der Waals surface area (Å²) in [6, 6.07) is 14.2. The molecule has 0 aliphatic heterocycles. The smallest absolute Gasteiger partial charge is 0.339 e. The number of hydrogen-bond acceptors (Lipinski definition) is 4. The number of rotatable bonds is 6. The highest BCUT2D eigenvalue weighted by molar-refractivity contribution is 6.08. The molecule has 4 aromatic rings. The van der Waals surface area contributed by atoms with Crippen molar-refractivity contribution in [3.63, 3.8) is 0 Å². The number of fused-ring (bicyclic) bond motifs is 1. The molecular formula is C27H22F3N3O2. The van der Waals surface area contributed by atoms with Gasteiger partial charge in [0, 0.05) is 36.8 Å². The van der Waals surface area contributed by atoms with E-state index in [2.05, 4.69) is 4.98 Å². The highest BCUT2D eigenvalue weighted by atomic mass is 19.1. The molecule has 5 rings (SSSR count). The fourth-order valence-electron chi connectivity index (χ4n) is 4.34. The predicted molar refractivity (Wildman–Crippen MR) is 130 cm³/mol. The summed E-state index contributed by atoms with van der Waals surface area (Å²) >= 11 is 0. The molecule has 1 N–H and O–H groups in total. The van der Waals surface area contributed by atoms with Crippen LogP contribution in [-0.4, -0.2) is 30.2 Å². The van der Waals surface area contributed by atoms with Crippen molar-refractivity contribution in [3.05, 3.63) is 89.4 Å². The molecule has 0 radical (unpaired) electrons. The highest BCUT2D eigenvalue weighted by Gasteiger charge is 2.34. The third-order valence-electron chi connectivity index (χ3n) is 6.36. The first-order chi connectivity index (χ1) is 16.7. The number of carbonyl (C=O) groups is 1. The fraction of sp³-hybridized carbons (Fsp3) is 0.185. The van der Waals surface area contributed by atoms with Crippen molar-refractivity contribution < 1.29 is 23.1 Å².